The third kappa shape index (κ3) is 5.58. The van der Waals surface area contributed by atoms with E-state index in [1.165, 1.54) is 27.5 Å². The molecule has 4 N–H and O–H groups in total. The van der Waals surface area contributed by atoms with E-state index in [-0.39, 0.29) is 17.9 Å². The number of piperidine rings is 1. The number of H-pyrrole nitrogens is 2. The van der Waals surface area contributed by atoms with Crippen molar-refractivity contribution >= 4 is 27.7 Å². The topological polar surface area (TPSA) is 109 Å². The van der Waals surface area contributed by atoms with E-state index in [4.69, 9.17) is 15.9 Å². The molecule has 0 radical (unpaired) electrons. The summed E-state index contributed by atoms with van der Waals surface area (Å²) in [5.74, 6) is 1.52. The van der Waals surface area contributed by atoms with Crippen LogP contribution in [0.15, 0.2) is 91.3 Å². The Bertz CT molecular complexity index is 1850. The van der Waals surface area contributed by atoms with E-state index in [2.05, 4.69) is 105 Å². The number of aromatic amines is 2. The van der Waals surface area contributed by atoms with Crippen LogP contribution < -0.4 is 5.73 Å². The lowest BCUT2D eigenvalue weighted by atomic mass is 9.94. The van der Waals surface area contributed by atoms with Gasteiger partial charge in [0.1, 0.15) is 5.82 Å². The number of aromatic nitrogens is 5. The number of rotatable bonds is 10. The summed E-state index contributed by atoms with van der Waals surface area (Å²) in [4.78, 5) is 21.6. The van der Waals surface area contributed by atoms with Gasteiger partial charge < -0.3 is 20.3 Å². The van der Waals surface area contributed by atoms with E-state index in [1.807, 2.05) is 6.07 Å². The number of nitrogens with one attached hydrogen (secondary N) is 2. The largest absolute Gasteiger partial charge is 0.369 e. The van der Waals surface area contributed by atoms with E-state index in [0.717, 1.165) is 61.3 Å². The lowest BCUT2D eigenvalue weighted by molar-refractivity contribution is -0.123. The van der Waals surface area contributed by atoms with Crippen molar-refractivity contribution in [3.8, 4) is 0 Å². The van der Waals surface area contributed by atoms with Crippen LogP contribution in [0.2, 0.25) is 0 Å². The Labute approximate surface area is 250 Å². The fraction of sp³-hybridized carbons (Fsp3) is 0.286. The Morgan fingerprint density at radius 2 is 1.53 bits per heavy atom. The molecule has 7 rings (SSSR count). The minimum Gasteiger partial charge on any atom is -0.369 e. The van der Waals surface area contributed by atoms with Crippen LogP contribution in [0.4, 0.5) is 0 Å². The molecule has 0 saturated carbocycles. The normalized spacial score (nSPS) is 16.6. The van der Waals surface area contributed by atoms with Gasteiger partial charge in [0.25, 0.3) is 0 Å². The quantitative estimate of drug-likeness (QED) is 0.200. The second kappa shape index (κ2) is 11.9. The van der Waals surface area contributed by atoms with Crippen molar-refractivity contribution in [2.45, 2.75) is 44.7 Å². The molecule has 1 amide bonds. The number of fused-ring (bicyclic) bond motifs is 2. The number of likely N-dealkylation sites (tertiary alicyclic amines) is 1. The highest BCUT2D eigenvalue weighted by atomic mass is 16.1. The molecule has 1 aliphatic rings. The predicted octanol–water partition coefficient (Wildman–Crippen LogP) is 5.56. The second-order valence-electron chi connectivity index (χ2n) is 11.7. The SMILES string of the molecule is NC(=O)[C@@H]1CCCN(C(Cc2c[nH]c3ccccc23)c2nnc(CCc3c[nH]c4ccccc34)n2Cc2ccccc2)C1. The molecule has 43 heavy (non-hydrogen) atoms. The lowest BCUT2D eigenvalue weighted by Crippen LogP contribution is -2.44. The fourth-order valence-electron chi connectivity index (χ4n) is 6.72. The molecule has 3 aromatic carbocycles. The van der Waals surface area contributed by atoms with E-state index >= 15 is 0 Å². The Morgan fingerprint density at radius 3 is 2.28 bits per heavy atom. The summed E-state index contributed by atoms with van der Waals surface area (Å²) in [6, 6.07) is 27.3. The summed E-state index contributed by atoms with van der Waals surface area (Å²) in [7, 11) is 0. The minimum atomic E-state index is -0.222. The van der Waals surface area contributed by atoms with Crippen molar-refractivity contribution in [2.75, 3.05) is 13.1 Å². The van der Waals surface area contributed by atoms with Gasteiger partial charge in [-0.25, -0.2) is 0 Å². The van der Waals surface area contributed by atoms with Gasteiger partial charge in [-0.2, -0.15) is 0 Å². The maximum absolute atomic E-state index is 12.3. The zero-order chi connectivity index (χ0) is 29.2. The molecule has 0 bridgehead atoms. The third-order valence-electron chi connectivity index (χ3n) is 9.01. The van der Waals surface area contributed by atoms with Crippen LogP contribution in [0.1, 0.15) is 47.2 Å². The van der Waals surface area contributed by atoms with Crippen molar-refractivity contribution < 1.29 is 4.79 Å². The molecule has 6 aromatic rings. The van der Waals surface area contributed by atoms with Gasteiger partial charge in [-0.15, -0.1) is 10.2 Å². The molecule has 218 valence electrons. The van der Waals surface area contributed by atoms with Gasteiger partial charge >= 0.3 is 0 Å². The number of nitrogens with two attached hydrogens (primary N) is 1. The van der Waals surface area contributed by atoms with E-state index < -0.39 is 0 Å². The van der Waals surface area contributed by atoms with Crippen LogP contribution in [0, 0.1) is 5.92 Å². The first kappa shape index (κ1) is 27.2. The average Bonchev–Trinajstić information content (AvgIpc) is 3.76. The highest BCUT2D eigenvalue weighted by Gasteiger charge is 2.33. The molecular weight excluding hydrogens is 534 g/mol. The number of amides is 1. The Hall–Kier alpha value is -4.69. The molecule has 4 heterocycles. The standard InChI is InChI=1S/C35H37N7O/c36-34(43)26-11-8-18-41(23-26)32(19-27-21-38-31-15-7-5-13-29(27)31)35-40-39-33(42(35)22-24-9-2-1-3-10-24)17-16-25-20-37-30-14-6-4-12-28(25)30/h1-7,9-10,12-15,20-21,26,32,37-38H,8,11,16-19,22-23H2,(H2,36,43)/t26-,32?/m1/s1. The molecule has 1 saturated heterocycles. The number of para-hydroxylation sites is 2. The summed E-state index contributed by atoms with van der Waals surface area (Å²) in [5.41, 5.74) is 11.8. The summed E-state index contributed by atoms with van der Waals surface area (Å²) in [5, 5.41) is 12.2. The van der Waals surface area contributed by atoms with Crippen molar-refractivity contribution in [2.24, 2.45) is 11.7 Å². The number of nitrogens with zero attached hydrogens (tertiary/aromatic N) is 4. The second-order valence-corrected chi connectivity index (χ2v) is 11.7. The van der Waals surface area contributed by atoms with Crippen LogP contribution in [-0.2, 0) is 30.6 Å². The highest BCUT2D eigenvalue weighted by Crippen LogP contribution is 2.32. The Balaban J connectivity index is 1.28. The van der Waals surface area contributed by atoms with Crippen LogP contribution >= 0.6 is 0 Å². The van der Waals surface area contributed by atoms with Crippen LogP contribution in [0.25, 0.3) is 21.8 Å². The summed E-state index contributed by atoms with van der Waals surface area (Å²) in [6.45, 7) is 2.20. The van der Waals surface area contributed by atoms with Crippen LogP contribution in [0.3, 0.4) is 0 Å². The third-order valence-corrected chi connectivity index (χ3v) is 9.01. The number of aryl methyl sites for hydroxylation is 2. The first-order valence-electron chi connectivity index (χ1n) is 15.2. The average molecular weight is 572 g/mol. The number of hydrogen-bond donors (Lipinski definition) is 3. The molecule has 0 spiro atoms. The monoisotopic (exact) mass is 571 g/mol. The number of hydrogen-bond acceptors (Lipinski definition) is 4. The fourth-order valence-corrected chi connectivity index (χ4v) is 6.72. The van der Waals surface area contributed by atoms with E-state index in [9.17, 15) is 4.79 Å². The van der Waals surface area contributed by atoms with Crippen LogP contribution in [0.5, 0.6) is 0 Å². The summed E-state index contributed by atoms with van der Waals surface area (Å²) >= 11 is 0. The first-order valence-corrected chi connectivity index (χ1v) is 15.2. The summed E-state index contributed by atoms with van der Waals surface area (Å²) < 4.78 is 2.32. The molecule has 1 fully saturated rings. The molecule has 8 heteroatoms. The zero-order valence-electron chi connectivity index (χ0n) is 24.2. The van der Waals surface area contributed by atoms with Crippen LogP contribution in [-0.4, -0.2) is 48.6 Å². The maximum atomic E-state index is 12.3. The van der Waals surface area contributed by atoms with Gasteiger partial charge in [0, 0.05) is 47.2 Å². The molecule has 3 aromatic heterocycles. The molecule has 2 atom stereocenters. The van der Waals surface area contributed by atoms with Crippen molar-refractivity contribution in [1.29, 1.82) is 0 Å². The van der Waals surface area contributed by atoms with Gasteiger partial charge in [-0.05, 0) is 61.1 Å². The Kier molecular flexibility index (Phi) is 7.51. The van der Waals surface area contributed by atoms with E-state index in [0.29, 0.717) is 13.1 Å². The molecule has 8 nitrogen and oxygen atoms in total. The molecular formula is C35H37N7O. The molecule has 0 aliphatic carbocycles. The zero-order valence-corrected chi connectivity index (χ0v) is 24.2. The predicted molar refractivity (Wildman–Crippen MR) is 170 cm³/mol. The Morgan fingerprint density at radius 1 is 0.860 bits per heavy atom. The maximum Gasteiger partial charge on any atom is 0.221 e. The first-order chi connectivity index (χ1) is 21.1. The van der Waals surface area contributed by atoms with Gasteiger partial charge in [-0.3, -0.25) is 9.69 Å². The molecule has 1 unspecified atom stereocenters. The van der Waals surface area contributed by atoms with Gasteiger partial charge in [0.15, 0.2) is 5.82 Å². The van der Waals surface area contributed by atoms with Crippen molar-refractivity contribution in [1.82, 2.24) is 29.6 Å². The smallest absolute Gasteiger partial charge is 0.221 e. The minimum absolute atomic E-state index is 0.0561. The molecule has 1 aliphatic heterocycles. The van der Waals surface area contributed by atoms with Gasteiger partial charge in [0.2, 0.25) is 5.91 Å². The van der Waals surface area contributed by atoms with Crippen molar-refractivity contribution in [3.05, 3.63) is 120 Å². The highest BCUT2D eigenvalue weighted by molar-refractivity contribution is 5.83. The lowest BCUT2D eigenvalue weighted by Gasteiger charge is -2.37. The van der Waals surface area contributed by atoms with Crippen molar-refractivity contribution in [3.63, 3.8) is 0 Å². The summed E-state index contributed by atoms with van der Waals surface area (Å²) in [6.07, 6.45) is 8.37. The number of primary amides is 1. The van der Waals surface area contributed by atoms with Gasteiger partial charge in [0.05, 0.1) is 18.5 Å². The number of carbonyl (C=O) groups is 1. The number of carbonyl (C=O) groups excluding carboxylic acids is 1. The number of benzene rings is 3. The van der Waals surface area contributed by atoms with Gasteiger partial charge in [-0.1, -0.05) is 66.7 Å². The van der Waals surface area contributed by atoms with E-state index in [1.54, 1.807) is 0 Å².